The minimum Gasteiger partial charge on any atom is -0.454 e. The van der Waals surface area contributed by atoms with Crippen molar-refractivity contribution in [1.82, 2.24) is 14.3 Å². The van der Waals surface area contributed by atoms with Crippen molar-refractivity contribution in [3.8, 4) is 11.5 Å². The molecule has 11 heteroatoms. The first-order chi connectivity index (χ1) is 16.9. The van der Waals surface area contributed by atoms with Crippen molar-refractivity contribution in [2.75, 3.05) is 32.4 Å². The lowest BCUT2D eigenvalue weighted by Crippen LogP contribution is -2.31. The lowest BCUT2D eigenvalue weighted by atomic mass is 10.2. The third-order valence-electron chi connectivity index (χ3n) is 5.57. The summed E-state index contributed by atoms with van der Waals surface area (Å²) in [5.41, 5.74) is 2.34. The van der Waals surface area contributed by atoms with Crippen LogP contribution in [-0.2, 0) is 16.1 Å². The Morgan fingerprint density at radius 2 is 2.06 bits per heavy atom. The number of benzene rings is 1. The molecule has 9 nitrogen and oxygen atoms in total. The van der Waals surface area contributed by atoms with Crippen LogP contribution < -0.4 is 20.3 Å². The van der Waals surface area contributed by atoms with Gasteiger partial charge in [0.2, 0.25) is 6.79 Å². The number of nitrogens with zero attached hydrogens (tertiary/aromatic N) is 3. The summed E-state index contributed by atoms with van der Waals surface area (Å²) in [6, 6.07) is 9.32. The van der Waals surface area contributed by atoms with Gasteiger partial charge in [0.15, 0.2) is 11.5 Å². The number of thioether (sulfide) groups is 1. The van der Waals surface area contributed by atoms with Gasteiger partial charge < -0.3 is 19.5 Å². The number of rotatable bonds is 7. The SMILES string of the molecule is COCCN1C(=O)/C(=C/c2c(NCc3ccc4c(c3)OCO4)nc3ccc(C)cn3c2=O)SC1=S. The van der Waals surface area contributed by atoms with E-state index >= 15 is 0 Å². The molecule has 180 valence electrons. The molecule has 0 unspecified atom stereocenters. The third-order valence-corrected chi connectivity index (χ3v) is 6.95. The summed E-state index contributed by atoms with van der Waals surface area (Å²) in [4.78, 5) is 33.0. The highest BCUT2D eigenvalue weighted by Crippen LogP contribution is 2.34. The molecule has 1 amide bonds. The lowest BCUT2D eigenvalue weighted by molar-refractivity contribution is -0.122. The molecule has 0 atom stereocenters. The maximum atomic E-state index is 13.5. The number of aryl methyl sites for hydroxylation is 1. The van der Waals surface area contributed by atoms with Crippen LogP contribution >= 0.6 is 24.0 Å². The number of ether oxygens (including phenoxy) is 3. The quantitative estimate of drug-likeness (QED) is 0.380. The average molecular weight is 511 g/mol. The van der Waals surface area contributed by atoms with Crippen LogP contribution in [0.3, 0.4) is 0 Å². The Labute approximate surface area is 210 Å². The Hall–Kier alpha value is -3.41. The van der Waals surface area contributed by atoms with E-state index in [0.29, 0.717) is 51.9 Å². The standard InChI is InChI=1S/C24H22N4O5S2/c1-14-3-6-20-26-21(25-11-15-4-5-17-18(9-15)33-13-32-17)16(22(29)28(20)12-14)10-19-23(30)27(7-8-31-2)24(34)35-19/h3-6,9-10,12,25H,7-8,11,13H2,1-2H3/b19-10-. The predicted molar refractivity (Wildman–Crippen MR) is 138 cm³/mol. The lowest BCUT2D eigenvalue weighted by Gasteiger charge is -2.13. The number of anilines is 1. The average Bonchev–Trinajstić information content (AvgIpc) is 3.42. The largest absolute Gasteiger partial charge is 0.454 e. The summed E-state index contributed by atoms with van der Waals surface area (Å²) in [5.74, 6) is 1.49. The van der Waals surface area contributed by atoms with Crippen molar-refractivity contribution >= 4 is 51.7 Å². The monoisotopic (exact) mass is 510 g/mol. The Kier molecular flexibility index (Phi) is 6.46. The number of aromatic nitrogens is 2. The van der Waals surface area contributed by atoms with Gasteiger partial charge in [-0.3, -0.25) is 18.9 Å². The zero-order valence-corrected chi connectivity index (χ0v) is 20.7. The summed E-state index contributed by atoms with van der Waals surface area (Å²) in [6.07, 6.45) is 3.30. The van der Waals surface area contributed by atoms with E-state index in [4.69, 9.17) is 26.4 Å². The van der Waals surface area contributed by atoms with Gasteiger partial charge in [-0.25, -0.2) is 4.98 Å². The Balaban J connectivity index is 1.52. The molecule has 1 aromatic carbocycles. The molecular weight excluding hydrogens is 488 g/mol. The van der Waals surface area contributed by atoms with Crippen LogP contribution in [0.25, 0.3) is 11.7 Å². The summed E-state index contributed by atoms with van der Waals surface area (Å²) in [6.45, 7) is 3.20. The topological polar surface area (TPSA) is 94.4 Å². The van der Waals surface area contributed by atoms with Crippen LogP contribution in [0.1, 0.15) is 16.7 Å². The molecule has 0 radical (unpaired) electrons. The molecule has 1 N–H and O–H groups in total. The molecule has 0 spiro atoms. The van der Waals surface area contributed by atoms with Gasteiger partial charge >= 0.3 is 0 Å². The second-order valence-electron chi connectivity index (χ2n) is 7.98. The van der Waals surface area contributed by atoms with E-state index in [1.807, 2.05) is 31.2 Å². The first kappa shape index (κ1) is 23.3. The van der Waals surface area contributed by atoms with E-state index in [2.05, 4.69) is 10.3 Å². The van der Waals surface area contributed by atoms with E-state index in [1.165, 1.54) is 9.30 Å². The van der Waals surface area contributed by atoms with Crippen LogP contribution in [0.2, 0.25) is 0 Å². The molecule has 2 aliphatic heterocycles. The van der Waals surface area contributed by atoms with Gasteiger partial charge in [-0.1, -0.05) is 36.1 Å². The Morgan fingerprint density at radius 1 is 1.23 bits per heavy atom. The molecule has 2 aliphatic rings. The van der Waals surface area contributed by atoms with E-state index in [9.17, 15) is 9.59 Å². The first-order valence-electron chi connectivity index (χ1n) is 10.8. The molecule has 3 aromatic rings. The highest BCUT2D eigenvalue weighted by molar-refractivity contribution is 8.26. The summed E-state index contributed by atoms with van der Waals surface area (Å²) < 4.78 is 17.8. The van der Waals surface area contributed by atoms with Crippen LogP contribution in [0.15, 0.2) is 46.2 Å². The van der Waals surface area contributed by atoms with Crippen LogP contribution in [0.4, 0.5) is 5.82 Å². The number of hydrogen-bond donors (Lipinski definition) is 1. The molecule has 0 bridgehead atoms. The molecule has 1 fully saturated rings. The van der Waals surface area contributed by atoms with Gasteiger partial charge in [-0.05, 0) is 42.3 Å². The van der Waals surface area contributed by atoms with E-state index in [-0.39, 0.29) is 23.8 Å². The second-order valence-corrected chi connectivity index (χ2v) is 9.66. The van der Waals surface area contributed by atoms with Gasteiger partial charge in [0.1, 0.15) is 15.8 Å². The van der Waals surface area contributed by atoms with Crippen LogP contribution in [-0.4, -0.2) is 51.6 Å². The van der Waals surface area contributed by atoms with Crippen molar-refractivity contribution in [2.45, 2.75) is 13.5 Å². The van der Waals surface area contributed by atoms with E-state index in [1.54, 1.807) is 25.4 Å². The normalized spacial score (nSPS) is 16.1. The number of amides is 1. The van der Waals surface area contributed by atoms with Crippen molar-refractivity contribution in [3.63, 3.8) is 0 Å². The van der Waals surface area contributed by atoms with Crippen molar-refractivity contribution < 1.29 is 19.0 Å². The van der Waals surface area contributed by atoms with Gasteiger partial charge in [0.25, 0.3) is 11.5 Å². The van der Waals surface area contributed by atoms with Crippen molar-refractivity contribution in [1.29, 1.82) is 0 Å². The molecule has 1 saturated heterocycles. The number of carbonyl (C=O) groups is 1. The van der Waals surface area contributed by atoms with Gasteiger partial charge in [0.05, 0.1) is 23.6 Å². The maximum Gasteiger partial charge on any atom is 0.267 e. The Bertz CT molecular complexity index is 1440. The van der Waals surface area contributed by atoms with Gasteiger partial charge in [-0.15, -0.1) is 0 Å². The molecule has 35 heavy (non-hydrogen) atoms. The van der Waals surface area contributed by atoms with Crippen LogP contribution in [0, 0.1) is 6.92 Å². The van der Waals surface area contributed by atoms with E-state index < -0.39 is 0 Å². The zero-order valence-electron chi connectivity index (χ0n) is 19.1. The van der Waals surface area contributed by atoms with E-state index in [0.717, 1.165) is 22.9 Å². The number of fused-ring (bicyclic) bond motifs is 2. The first-order valence-corrected chi connectivity index (χ1v) is 12.1. The molecule has 5 rings (SSSR count). The predicted octanol–water partition coefficient (Wildman–Crippen LogP) is 3.19. The zero-order chi connectivity index (χ0) is 24.5. The number of hydrogen-bond acceptors (Lipinski definition) is 9. The third kappa shape index (κ3) is 4.62. The fourth-order valence-electron chi connectivity index (χ4n) is 3.77. The number of carbonyl (C=O) groups excluding carboxylic acids is 1. The maximum absolute atomic E-state index is 13.5. The molecule has 0 saturated carbocycles. The Morgan fingerprint density at radius 3 is 2.89 bits per heavy atom. The molecule has 2 aromatic heterocycles. The van der Waals surface area contributed by atoms with Gasteiger partial charge in [0, 0.05) is 19.9 Å². The number of thiocarbonyl (C=S) groups is 1. The summed E-state index contributed by atoms with van der Waals surface area (Å²) in [5, 5.41) is 3.26. The smallest absolute Gasteiger partial charge is 0.267 e. The highest BCUT2D eigenvalue weighted by Gasteiger charge is 2.32. The minimum atomic E-state index is -0.283. The number of methoxy groups -OCH3 is 1. The number of pyridine rings is 1. The van der Waals surface area contributed by atoms with Crippen LogP contribution in [0.5, 0.6) is 11.5 Å². The fourth-order valence-corrected chi connectivity index (χ4v) is 5.06. The fraction of sp³-hybridized carbons (Fsp3) is 0.250. The highest BCUT2D eigenvalue weighted by atomic mass is 32.2. The summed E-state index contributed by atoms with van der Waals surface area (Å²) >= 11 is 6.53. The minimum absolute atomic E-state index is 0.196. The second kappa shape index (κ2) is 9.68. The summed E-state index contributed by atoms with van der Waals surface area (Å²) in [7, 11) is 1.56. The van der Waals surface area contributed by atoms with Crippen molar-refractivity contribution in [2.24, 2.45) is 0 Å². The number of nitrogens with one attached hydrogen (secondary N) is 1. The molecule has 0 aliphatic carbocycles. The molecule has 4 heterocycles. The van der Waals surface area contributed by atoms with Gasteiger partial charge in [-0.2, -0.15) is 0 Å². The molecular formula is C24H22N4O5S2. The van der Waals surface area contributed by atoms with Crippen molar-refractivity contribution in [3.05, 3.63) is 68.5 Å².